The number of hydrogen-bond donors (Lipinski definition) is 0. The van der Waals surface area contributed by atoms with E-state index in [0.29, 0.717) is 16.5 Å². The van der Waals surface area contributed by atoms with Gasteiger partial charge in [-0.3, -0.25) is 0 Å². The van der Waals surface area contributed by atoms with Crippen molar-refractivity contribution in [1.82, 2.24) is 0 Å². The summed E-state index contributed by atoms with van der Waals surface area (Å²) in [4.78, 5) is 0.0792. The van der Waals surface area contributed by atoms with Crippen molar-refractivity contribution in [2.75, 3.05) is 0 Å². The summed E-state index contributed by atoms with van der Waals surface area (Å²) in [5.41, 5.74) is 1.15. The summed E-state index contributed by atoms with van der Waals surface area (Å²) < 4.78 is 30.1. The van der Waals surface area contributed by atoms with E-state index in [1.165, 1.54) is 6.08 Å². The SMILES string of the molecule is C=COS(=O)(=O)c1c(C=C)c(C=C)cc2cc3ccccc3cc12. The van der Waals surface area contributed by atoms with Gasteiger partial charge in [0, 0.05) is 10.9 Å². The number of benzene rings is 3. The van der Waals surface area contributed by atoms with Crippen LogP contribution in [0.15, 0.2) is 73.4 Å². The highest BCUT2D eigenvalue weighted by Gasteiger charge is 2.23. The zero-order valence-corrected chi connectivity index (χ0v) is 13.8. The minimum atomic E-state index is -4.02. The van der Waals surface area contributed by atoms with Gasteiger partial charge in [-0.25, -0.2) is 0 Å². The summed E-state index contributed by atoms with van der Waals surface area (Å²) in [6.07, 6.45) is 4.03. The molecule has 3 aromatic rings. The van der Waals surface area contributed by atoms with Crippen molar-refractivity contribution in [2.45, 2.75) is 4.90 Å². The molecule has 4 heteroatoms. The van der Waals surface area contributed by atoms with Crippen LogP contribution in [0.2, 0.25) is 0 Å². The first-order valence-corrected chi connectivity index (χ1v) is 8.71. The largest absolute Gasteiger partial charge is 0.388 e. The zero-order valence-electron chi connectivity index (χ0n) is 13.0. The Morgan fingerprint density at radius 2 is 1.54 bits per heavy atom. The Hall–Kier alpha value is -2.85. The Labute approximate surface area is 141 Å². The normalized spacial score (nSPS) is 11.3. The molecule has 3 nitrogen and oxygen atoms in total. The molecule has 3 rings (SSSR count). The number of fused-ring (bicyclic) bond motifs is 2. The van der Waals surface area contributed by atoms with Gasteiger partial charge in [-0.1, -0.05) is 56.2 Å². The van der Waals surface area contributed by atoms with Crippen LogP contribution >= 0.6 is 0 Å². The van der Waals surface area contributed by atoms with Gasteiger partial charge >= 0.3 is 10.1 Å². The summed E-state index contributed by atoms with van der Waals surface area (Å²) in [6, 6.07) is 13.5. The standard InChI is InChI=1S/C20H16O3S/c1-4-14-11-17-12-15-9-7-8-10-16(15)13-19(17)20(18(14)5-2)24(21,22)23-6-3/h4-13H,1-3H2. The van der Waals surface area contributed by atoms with Crippen molar-refractivity contribution in [3.8, 4) is 0 Å². The van der Waals surface area contributed by atoms with E-state index in [1.54, 1.807) is 6.08 Å². The first-order valence-electron chi connectivity index (χ1n) is 7.30. The maximum Gasteiger partial charge on any atom is 0.339 e. The van der Waals surface area contributed by atoms with Crippen LogP contribution in [0.25, 0.3) is 33.7 Å². The second kappa shape index (κ2) is 5.98. The van der Waals surface area contributed by atoms with Gasteiger partial charge in [0.15, 0.2) is 0 Å². The van der Waals surface area contributed by atoms with Crippen molar-refractivity contribution in [2.24, 2.45) is 0 Å². The monoisotopic (exact) mass is 336 g/mol. The highest BCUT2D eigenvalue weighted by molar-refractivity contribution is 7.87. The van der Waals surface area contributed by atoms with Crippen molar-refractivity contribution in [1.29, 1.82) is 0 Å². The highest BCUT2D eigenvalue weighted by atomic mass is 32.2. The fraction of sp³-hybridized carbons (Fsp3) is 0. The van der Waals surface area contributed by atoms with Crippen LogP contribution in [-0.4, -0.2) is 8.42 Å². The molecular formula is C20H16O3S. The van der Waals surface area contributed by atoms with E-state index >= 15 is 0 Å². The van der Waals surface area contributed by atoms with E-state index in [0.717, 1.165) is 22.4 Å². The minimum Gasteiger partial charge on any atom is -0.388 e. The van der Waals surface area contributed by atoms with E-state index in [1.807, 2.05) is 42.5 Å². The fourth-order valence-corrected chi connectivity index (χ4v) is 4.07. The molecule has 0 unspecified atom stereocenters. The molecule has 0 saturated heterocycles. The molecule has 120 valence electrons. The van der Waals surface area contributed by atoms with Crippen LogP contribution in [0.1, 0.15) is 11.1 Å². The van der Waals surface area contributed by atoms with E-state index in [4.69, 9.17) is 4.18 Å². The van der Waals surface area contributed by atoms with Crippen LogP contribution < -0.4 is 0 Å². The second-order valence-electron chi connectivity index (χ2n) is 5.25. The summed E-state index contributed by atoms with van der Waals surface area (Å²) >= 11 is 0. The van der Waals surface area contributed by atoms with Gasteiger partial charge in [-0.15, -0.1) is 0 Å². The van der Waals surface area contributed by atoms with Gasteiger partial charge in [0.1, 0.15) is 4.90 Å². The first kappa shape index (κ1) is 16.0. The van der Waals surface area contributed by atoms with E-state index < -0.39 is 10.1 Å². The maximum atomic E-state index is 12.7. The molecule has 0 bridgehead atoms. The summed E-state index contributed by atoms with van der Waals surface area (Å²) in [6.45, 7) is 10.9. The molecule has 0 aliphatic carbocycles. The van der Waals surface area contributed by atoms with Gasteiger partial charge in [-0.05, 0) is 39.9 Å². The van der Waals surface area contributed by atoms with Crippen molar-refractivity contribution in [3.05, 3.63) is 79.6 Å². The second-order valence-corrected chi connectivity index (χ2v) is 6.76. The molecular weight excluding hydrogens is 320 g/mol. The van der Waals surface area contributed by atoms with Gasteiger partial charge in [-0.2, -0.15) is 8.42 Å². The quantitative estimate of drug-likeness (QED) is 0.369. The molecule has 0 aliphatic heterocycles. The van der Waals surface area contributed by atoms with E-state index in [2.05, 4.69) is 19.7 Å². The Morgan fingerprint density at radius 1 is 0.875 bits per heavy atom. The van der Waals surface area contributed by atoms with Crippen molar-refractivity contribution in [3.63, 3.8) is 0 Å². The first-order chi connectivity index (χ1) is 11.5. The molecule has 0 radical (unpaired) electrons. The molecule has 0 saturated carbocycles. The topological polar surface area (TPSA) is 43.4 Å². The third-order valence-electron chi connectivity index (χ3n) is 3.90. The molecule has 0 N–H and O–H groups in total. The predicted octanol–water partition coefficient (Wildman–Crippen LogP) is 5.13. The Bertz CT molecular complexity index is 1090. The molecule has 24 heavy (non-hydrogen) atoms. The fourth-order valence-electron chi connectivity index (χ4n) is 2.88. The minimum absolute atomic E-state index is 0.0792. The maximum absolute atomic E-state index is 12.7. The predicted molar refractivity (Wildman–Crippen MR) is 100 cm³/mol. The van der Waals surface area contributed by atoms with Crippen LogP contribution in [0, 0.1) is 0 Å². The summed E-state index contributed by atoms with van der Waals surface area (Å²) in [7, 11) is -4.02. The molecule has 0 amide bonds. The van der Waals surface area contributed by atoms with Gasteiger partial charge in [0.25, 0.3) is 0 Å². The molecule has 0 fully saturated rings. The molecule has 0 spiro atoms. The van der Waals surface area contributed by atoms with Gasteiger partial charge in [0.05, 0.1) is 6.26 Å². The van der Waals surface area contributed by atoms with Crippen molar-refractivity contribution < 1.29 is 12.6 Å². The highest BCUT2D eigenvalue weighted by Crippen LogP contribution is 2.35. The Morgan fingerprint density at radius 3 is 2.12 bits per heavy atom. The van der Waals surface area contributed by atoms with E-state index in [-0.39, 0.29) is 4.90 Å². The van der Waals surface area contributed by atoms with Crippen LogP contribution in [-0.2, 0) is 14.3 Å². The lowest BCUT2D eigenvalue weighted by molar-refractivity contribution is 0.445. The average Bonchev–Trinajstić information content (AvgIpc) is 2.57. The van der Waals surface area contributed by atoms with Crippen molar-refractivity contribution >= 4 is 43.8 Å². The summed E-state index contributed by atoms with van der Waals surface area (Å²) in [5.74, 6) is 0. The van der Waals surface area contributed by atoms with Gasteiger partial charge < -0.3 is 4.18 Å². The number of hydrogen-bond acceptors (Lipinski definition) is 3. The number of rotatable bonds is 5. The van der Waals surface area contributed by atoms with Crippen LogP contribution in [0.4, 0.5) is 0 Å². The molecule has 0 atom stereocenters. The third-order valence-corrected chi connectivity index (χ3v) is 5.23. The van der Waals surface area contributed by atoms with Crippen LogP contribution in [0.5, 0.6) is 0 Å². The Kier molecular flexibility index (Phi) is 3.99. The smallest absolute Gasteiger partial charge is 0.339 e. The molecule has 0 heterocycles. The van der Waals surface area contributed by atoms with Gasteiger partial charge in [0.2, 0.25) is 0 Å². The molecule has 0 aromatic heterocycles. The Balaban J connectivity index is 2.57. The lowest BCUT2D eigenvalue weighted by atomic mass is 9.97. The lowest BCUT2D eigenvalue weighted by Gasteiger charge is -2.14. The molecule has 3 aromatic carbocycles. The zero-order chi connectivity index (χ0) is 17.3. The third kappa shape index (κ3) is 2.51. The lowest BCUT2D eigenvalue weighted by Crippen LogP contribution is -2.06. The van der Waals surface area contributed by atoms with E-state index in [9.17, 15) is 8.42 Å². The average molecular weight is 336 g/mol. The molecule has 0 aliphatic rings. The van der Waals surface area contributed by atoms with Crippen LogP contribution in [0.3, 0.4) is 0 Å². The summed E-state index contributed by atoms with van der Waals surface area (Å²) in [5, 5.41) is 3.34.